The van der Waals surface area contributed by atoms with Crippen LogP contribution in [0.5, 0.6) is 0 Å². The van der Waals surface area contributed by atoms with E-state index in [1.807, 2.05) is 13.8 Å². The van der Waals surface area contributed by atoms with Gasteiger partial charge in [-0.2, -0.15) is 0 Å². The van der Waals surface area contributed by atoms with Gasteiger partial charge < -0.3 is 20.8 Å². The Hall–Kier alpha value is -1.63. The molecule has 1 aromatic heterocycles. The van der Waals surface area contributed by atoms with Crippen LogP contribution < -0.4 is 16.4 Å². The summed E-state index contributed by atoms with van der Waals surface area (Å²) in [5, 5.41) is 13.9. The van der Waals surface area contributed by atoms with Crippen molar-refractivity contribution in [3.8, 4) is 0 Å². The van der Waals surface area contributed by atoms with Crippen molar-refractivity contribution >= 4 is 11.9 Å². The Morgan fingerprint density at radius 1 is 1.50 bits per heavy atom. The van der Waals surface area contributed by atoms with Crippen molar-refractivity contribution in [3.63, 3.8) is 0 Å². The van der Waals surface area contributed by atoms with Crippen molar-refractivity contribution in [2.45, 2.75) is 33.7 Å². The maximum Gasteiger partial charge on any atom is 0.315 e. The molecule has 102 valence electrons. The highest BCUT2D eigenvalue weighted by Crippen LogP contribution is 2.17. The smallest absolute Gasteiger partial charge is 0.315 e. The molecule has 0 bridgehead atoms. The fraction of sp³-hybridized carbons (Fsp3) is 0.727. The van der Waals surface area contributed by atoms with Crippen molar-refractivity contribution in [1.82, 2.24) is 15.5 Å². The van der Waals surface area contributed by atoms with Crippen LogP contribution in [0.15, 0.2) is 4.42 Å². The number of nitrogens with two attached hydrogens (primary N) is 1. The number of carbonyl (C=O) groups is 1. The van der Waals surface area contributed by atoms with Crippen LogP contribution in [-0.2, 0) is 4.79 Å². The molecule has 0 saturated heterocycles. The van der Waals surface area contributed by atoms with Gasteiger partial charge in [-0.1, -0.05) is 12.0 Å². The zero-order valence-electron chi connectivity index (χ0n) is 11.3. The van der Waals surface area contributed by atoms with Crippen LogP contribution in [0.1, 0.15) is 39.6 Å². The first kappa shape index (κ1) is 14.4. The number of nitrogens with zero attached hydrogens (tertiary/aromatic N) is 2. The van der Waals surface area contributed by atoms with Gasteiger partial charge in [0.25, 0.3) is 0 Å². The minimum absolute atomic E-state index is 0.00204. The van der Waals surface area contributed by atoms with Gasteiger partial charge in [0.1, 0.15) is 0 Å². The number of primary amides is 1. The predicted octanol–water partition coefficient (Wildman–Crippen LogP) is 0.664. The molecule has 1 aromatic rings. The minimum atomic E-state index is -0.665. The Labute approximate surface area is 107 Å². The molecule has 1 unspecified atom stereocenters. The maximum absolute atomic E-state index is 11.1. The third-order valence-corrected chi connectivity index (χ3v) is 2.67. The minimum Gasteiger partial charge on any atom is -0.406 e. The van der Waals surface area contributed by atoms with Crippen molar-refractivity contribution in [2.24, 2.45) is 11.1 Å². The number of aromatic nitrogens is 2. The summed E-state index contributed by atoms with van der Waals surface area (Å²) < 4.78 is 5.43. The summed E-state index contributed by atoms with van der Waals surface area (Å²) >= 11 is 0. The lowest BCUT2D eigenvalue weighted by atomic mass is 9.93. The lowest BCUT2D eigenvalue weighted by Crippen LogP contribution is -2.37. The fourth-order valence-corrected chi connectivity index (χ4v) is 1.26. The van der Waals surface area contributed by atoms with E-state index in [2.05, 4.69) is 20.8 Å². The lowest BCUT2D eigenvalue weighted by molar-refractivity contribution is -0.125. The molecule has 7 heteroatoms. The van der Waals surface area contributed by atoms with Crippen LogP contribution in [0.25, 0.3) is 0 Å². The van der Waals surface area contributed by atoms with Crippen molar-refractivity contribution in [1.29, 1.82) is 0 Å². The third-order valence-electron chi connectivity index (χ3n) is 2.67. The van der Waals surface area contributed by atoms with E-state index in [1.54, 1.807) is 13.8 Å². The predicted molar refractivity (Wildman–Crippen MR) is 67.9 cm³/mol. The molecule has 0 aliphatic heterocycles. The van der Waals surface area contributed by atoms with Crippen LogP contribution in [0.2, 0.25) is 0 Å². The number of amides is 1. The summed E-state index contributed by atoms with van der Waals surface area (Å²) in [7, 11) is 0. The fourth-order valence-electron chi connectivity index (χ4n) is 1.26. The second-order valence-corrected chi connectivity index (χ2v) is 4.83. The van der Waals surface area contributed by atoms with Gasteiger partial charge in [0.05, 0.1) is 11.5 Å². The summed E-state index contributed by atoms with van der Waals surface area (Å²) in [5.41, 5.74) is 4.61. The summed E-state index contributed by atoms with van der Waals surface area (Å²) in [6.07, 6.45) is 0. The first-order valence-electron chi connectivity index (χ1n) is 5.97. The van der Waals surface area contributed by atoms with E-state index in [-0.39, 0.29) is 11.9 Å². The zero-order valence-corrected chi connectivity index (χ0v) is 11.3. The SMILES string of the molecule is CCNC(C)c1nnc(NCC(C)(C)C(N)=O)o1. The summed E-state index contributed by atoms with van der Waals surface area (Å²) in [6, 6.07) is 0.297. The highest BCUT2D eigenvalue weighted by Gasteiger charge is 2.25. The molecule has 0 aromatic carbocycles. The molecule has 0 fully saturated rings. The summed E-state index contributed by atoms with van der Waals surface area (Å²) in [4.78, 5) is 11.1. The second kappa shape index (κ2) is 5.81. The molecule has 0 saturated carbocycles. The largest absolute Gasteiger partial charge is 0.406 e. The maximum atomic E-state index is 11.1. The monoisotopic (exact) mass is 255 g/mol. The Morgan fingerprint density at radius 3 is 2.72 bits per heavy atom. The molecule has 0 aliphatic rings. The van der Waals surface area contributed by atoms with E-state index in [4.69, 9.17) is 10.2 Å². The summed E-state index contributed by atoms with van der Waals surface area (Å²) in [5.74, 6) is 0.131. The van der Waals surface area contributed by atoms with Gasteiger partial charge in [-0.15, -0.1) is 5.10 Å². The molecule has 1 heterocycles. The number of hydrogen-bond acceptors (Lipinski definition) is 6. The molecule has 0 aliphatic carbocycles. The van der Waals surface area contributed by atoms with Crippen LogP contribution >= 0.6 is 0 Å². The molecule has 0 spiro atoms. The van der Waals surface area contributed by atoms with Gasteiger partial charge in [-0.3, -0.25) is 4.79 Å². The zero-order chi connectivity index (χ0) is 13.8. The van der Waals surface area contributed by atoms with Crippen LogP contribution in [0.3, 0.4) is 0 Å². The average Bonchev–Trinajstić information content (AvgIpc) is 2.75. The van der Waals surface area contributed by atoms with E-state index in [0.717, 1.165) is 6.54 Å². The van der Waals surface area contributed by atoms with E-state index in [9.17, 15) is 4.79 Å². The van der Waals surface area contributed by atoms with E-state index < -0.39 is 5.41 Å². The highest BCUT2D eigenvalue weighted by molar-refractivity contribution is 5.80. The number of carbonyl (C=O) groups excluding carboxylic acids is 1. The molecular formula is C11H21N5O2. The third kappa shape index (κ3) is 3.69. The van der Waals surface area contributed by atoms with E-state index >= 15 is 0 Å². The number of nitrogens with one attached hydrogen (secondary N) is 2. The Bertz CT molecular complexity index is 402. The molecule has 1 amide bonds. The van der Waals surface area contributed by atoms with Crippen LogP contribution in [0, 0.1) is 5.41 Å². The van der Waals surface area contributed by atoms with Gasteiger partial charge in [0.15, 0.2) is 0 Å². The van der Waals surface area contributed by atoms with Gasteiger partial charge in [0.2, 0.25) is 11.8 Å². The van der Waals surface area contributed by atoms with Gasteiger partial charge in [-0.25, -0.2) is 0 Å². The molecule has 0 radical (unpaired) electrons. The number of anilines is 1. The molecule has 4 N–H and O–H groups in total. The summed E-state index contributed by atoms with van der Waals surface area (Å²) in [6.45, 7) is 8.61. The molecule has 18 heavy (non-hydrogen) atoms. The van der Waals surface area contributed by atoms with Crippen molar-refractivity contribution in [3.05, 3.63) is 5.89 Å². The van der Waals surface area contributed by atoms with Crippen molar-refractivity contribution < 1.29 is 9.21 Å². The molecule has 7 nitrogen and oxygen atoms in total. The van der Waals surface area contributed by atoms with Gasteiger partial charge in [-0.05, 0) is 27.3 Å². The molecular weight excluding hydrogens is 234 g/mol. The van der Waals surface area contributed by atoms with Gasteiger partial charge >= 0.3 is 6.01 Å². The van der Waals surface area contributed by atoms with Crippen molar-refractivity contribution in [2.75, 3.05) is 18.4 Å². The normalized spacial score (nSPS) is 13.3. The lowest BCUT2D eigenvalue weighted by Gasteiger charge is -2.19. The van der Waals surface area contributed by atoms with Crippen LogP contribution in [-0.4, -0.2) is 29.2 Å². The van der Waals surface area contributed by atoms with E-state index in [0.29, 0.717) is 18.5 Å². The number of rotatable bonds is 7. The van der Waals surface area contributed by atoms with Gasteiger partial charge in [0, 0.05) is 6.54 Å². The second-order valence-electron chi connectivity index (χ2n) is 4.83. The first-order valence-corrected chi connectivity index (χ1v) is 5.97. The Morgan fingerprint density at radius 2 is 2.17 bits per heavy atom. The average molecular weight is 255 g/mol. The Balaban J connectivity index is 2.57. The van der Waals surface area contributed by atoms with Crippen LogP contribution in [0.4, 0.5) is 6.01 Å². The first-order chi connectivity index (χ1) is 8.36. The standard InChI is InChI=1S/C11H21N5O2/c1-5-13-7(2)8-15-16-10(18-8)14-6-11(3,4)9(12)17/h7,13H,5-6H2,1-4H3,(H2,12,17)(H,14,16). The highest BCUT2D eigenvalue weighted by atomic mass is 16.4. The number of hydrogen-bond donors (Lipinski definition) is 3. The topological polar surface area (TPSA) is 106 Å². The quantitative estimate of drug-likeness (QED) is 0.661. The van der Waals surface area contributed by atoms with E-state index in [1.165, 1.54) is 0 Å². The molecule has 1 atom stereocenters. The molecule has 1 rings (SSSR count). The Kier molecular flexibility index (Phi) is 4.66.